The summed E-state index contributed by atoms with van der Waals surface area (Å²) in [6.07, 6.45) is 12.3. The standard InChI is InChI=1S/C19H28N4O/c1-3-4-5-6-7-8-9-12-21-19-22-17(15-18(24)23(19)2)16-10-13-20-14-11-16/h10-11,13-15H,3-9,12H2,1-2H3,(H,21,22). The minimum Gasteiger partial charge on any atom is -0.356 e. The van der Waals surface area contributed by atoms with E-state index in [0.29, 0.717) is 11.6 Å². The predicted octanol–water partition coefficient (Wildman–Crippen LogP) is 4.00. The smallest absolute Gasteiger partial charge is 0.255 e. The number of nitrogens with one attached hydrogen (secondary N) is 1. The molecule has 0 amide bonds. The zero-order valence-electron chi connectivity index (χ0n) is 14.8. The maximum atomic E-state index is 12.1. The molecule has 0 spiro atoms. The van der Waals surface area contributed by atoms with Gasteiger partial charge in [-0.15, -0.1) is 0 Å². The second-order valence-electron chi connectivity index (χ2n) is 6.15. The highest BCUT2D eigenvalue weighted by Crippen LogP contribution is 2.15. The van der Waals surface area contributed by atoms with E-state index in [9.17, 15) is 4.79 Å². The van der Waals surface area contributed by atoms with Gasteiger partial charge in [-0.25, -0.2) is 4.98 Å². The highest BCUT2D eigenvalue weighted by Gasteiger charge is 2.07. The molecule has 0 aliphatic carbocycles. The van der Waals surface area contributed by atoms with Crippen molar-refractivity contribution in [2.75, 3.05) is 11.9 Å². The average molecular weight is 328 g/mol. The van der Waals surface area contributed by atoms with E-state index >= 15 is 0 Å². The first-order valence-electron chi connectivity index (χ1n) is 8.94. The molecule has 0 fully saturated rings. The summed E-state index contributed by atoms with van der Waals surface area (Å²) in [4.78, 5) is 20.7. The molecule has 0 atom stereocenters. The third-order valence-corrected chi connectivity index (χ3v) is 4.17. The van der Waals surface area contributed by atoms with Gasteiger partial charge in [-0.2, -0.15) is 0 Å². The third kappa shape index (κ3) is 5.48. The molecule has 1 N–H and O–H groups in total. The monoisotopic (exact) mass is 328 g/mol. The van der Waals surface area contributed by atoms with Crippen molar-refractivity contribution in [3.8, 4) is 11.3 Å². The average Bonchev–Trinajstić information content (AvgIpc) is 2.61. The molecule has 0 saturated heterocycles. The molecule has 0 bridgehead atoms. The van der Waals surface area contributed by atoms with Gasteiger partial charge in [0.15, 0.2) is 0 Å². The lowest BCUT2D eigenvalue weighted by atomic mass is 10.1. The number of hydrogen-bond donors (Lipinski definition) is 1. The number of hydrogen-bond acceptors (Lipinski definition) is 4. The van der Waals surface area contributed by atoms with Gasteiger partial charge in [-0.1, -0.05) is 45.4 Å². The van der Waals surface area contributed by atoms with Crippen LogP contribution in [0.15, 0.2) is 35.4 Å². The summed E-state index contributed by atoms with van der Waals surface area (Å²) in [5.41, 5.74) is 1.53. The van der Waals surface area contributed by atoms with E-state index in [1.54, 1.807) is 30.1 Å². The van der Waals surface area contributed by atoms with E-state index in [1.807, 2.05) is 12.1 Å². The van der Waals surface area contributed by atoms with E-state index in [4.69, 9.17) is 0 Å². The molecule has 2 aromatic rings. The molecule has 0 aliphatic heterocycles. The van der Waals surface area contributed by atoms with Crippen LogP contribution in [0.4, 0.5) is 5.95 Å². The van der Waals surface area contributed by atoms with Crippen molar-refractivity contribution in [2.24, 2.45) is 7.05 Å². The molecule has 0 aliphatic rings. The van der Waals surface area contributed by atoms with Gasteiger partial charge in [0.25, 0.3) is 5.56 Å². The van der Waals surface area contributed by atoms with Gasteiger partial charge in [0, 0.05) is 37.6 Å². The molecule has 130 valence electrons. The van der Waals surface area contributed by atoms with Crippen LogP contribution in [0.5, 0.6) is 0 Å². The summed E-state index contributed by atoms with van der Waals surface area (Å²) in [6.45, 7) is 3.08. The van der Waals surface area contributed by atoms with Crippen LogP contribution in [0.3, 0.4) is 0 Å². The number of aromatic nitrogens is 3. The van der Waals surface area contributed by atoms with Gasteiger partial charge in [0.1, 0.15) is 0 Å². The fourth-order valence-electron chi connectivity index (χ4n) is 2.65. The third-order valence-electron chi connectivity index (χ3n) is 4.17. The zero-order valence-corrected chi connectivity index (χ0v) is 14.8. The Morgan fingerprint density at radius 2 is 1.71 bits per heavy atom. The first-order chi connectivity index (χ1) is 11.7. The van der Waals surface area contributed by atoms with E-state index in [2.05, 4.69) is 22.2 Å². The van der Waals surface area contributed by atoms with Crippen LogP contribution in [0, 0.1) is 0 Å². The lowest BCUT2D eigenvalue weighted by Gasteiger charge is -2.11. The minimum absolute atomic E-state index is 0.0566. The van der Waals surface area contributed by atoms with Gasteiger partial charge in [-0.05, 0) is 18.6 Å². The summed E-state index contributed by atoms with van der Waals surface area (Å²) in [6, 6.07) is 5.29. The molecule has 5 nitrogen and oxygen atoms in total. The van der Waals surface area contributed by atoms with Gasteiger partial charge < -0.3 is 5.32 Å². The van der Waals surface area contributed by atoms with Gasteiger partial charge in [-0.3, -0.25) is 14.3 Å². The largest absolute Gasteiger partial charge is 0.356 e. The lowest BCUT2D eigenvalue weighted by molar-refractivity contribution is 0.595. The lowest BCUT2D eigenvalue weighted by Crippen LogP contribution is -2.22. The molecule has 0 unspecified atom stereocenters. The van der Waals surface area contributed by atoms with Crippen LogP contribution in [-0.4, -0.2) is 21.1 Å². The Labute approximate surface area is 144 Å². The van der Waals surface area contributed by atoms with E-state index in [-0.39, 0.29) is 5.56 Å². The molecule has 0 radical (unpaired) electrons. The summed E-state index contributed by atoms with van der Waals surface area (Å²) >= 11 is 0. The molecular weight excluding hydrogens is 300 g/mol. The first kappa shape index (κ1) is 18.2. The number of pyridine rings is 1. The normalized spacial score (nSPS) is 10.8. The number of rotatable bonds is 10. The van der Waals surface area contributed by atoms with Gasteiger partial charge in [0.2, 0.25) is 5.95 Å². The molecular formula is C19H28N4O. The zero-order chi connectivity index (χ0) is 17.2. The highest BCUT2D eigenvalue weighted by atomic mass is 16.1. The highest BCUT2D eigenvalue weighted by molar-refractivity contribution is 5.59. The maximum Gasteiger partial charge on any atom is 0.255 e. The Morgan fingerprint density at radius 1 is 1.04 bits per heavy atom. The van der Waals surface area contributed by atoms with E-state index < -0.39 is 0 Å². The van der Waals surface area contributed by atoms with Crippen LogP contribution < -0.4 is 10.9 Å². The van der Waals surface area contributed by atoms with Gasteiger partial charge in [0.05, 0.1) is 5.69 Å². The van der Waals surface area contributed by atoms with Crippen LogP contribution in [0.2, 0.25) is 0 Å². The van der Waals surface area contributed by atoms with Crippen LogP contribution in [0.1, 0.15) is 51.9 Å². The molecule has 0 aromatic carbocycles. The van der Waals surface area contributed by atoms with Crippen molar-refractivity contribution in [1.29, 1.82) is 0 Å². The Morgan fingerprint density at radius 3 is 2.42 bits per heavy atom. The quantitative estimate of drug-likeness (QED) is 0.670. The number of unbranched alkanes of at least 4 members (excludes halogenated alkanes) is 6. The number of anilines is 1. The molecule has 2 heterocycles. The fourth-order valence-corrected chi connectivity index (χ4v) is 2.65. The van der Waals surface area contributed by atoms with Crippen molar-refractivity contribution in [1.82, 2.24) is 14.5 Å². The predicted molar refractivity (Wildman–Crippen MR) is 99.2 cm³/mol. The first-order valence-corrected chi connectivity index (χ1v) is 8.94. The van der Waals surface area contributed by atoms with Crippen LogP contribution in [-0.2, 0) is 7.05 Å². The summed E-state index contributed by atoms with van der Waals surface area (Å²) in [7, 11) is 1.75. The van der Waals surface area contributed by atoms with Crippen molar-refractivity contribution in [3.05, 3.63) is 40.9 Å². The second kappa shape index (κ2) is 9.85. The molecule has 2 aromatic heterocycles. The second-order valence-corrected chi connectivity index (χ2v) is 6.15. The molecule has 24 heavy (non-hydrogen) atoms. The summed E-state index contributed by atoms with van der Waals surface area (Å²) in [5, 5.41) is 3.30. The minimum atomic E-state index is -0.0566. The SMILES string of the molecule is CCCCCCCCCNc1nc(-c2ccncc2)cc(=O)n1C. The van der Waals surface area contributed by atoms with Crippen molar-refractivity contribution >= 4 is 5.95 Å². The van der Waals surface area contributed by atoms with E-state index in [1.165, 1.54) is 38.5 Å². The summed E-state index contributed by atoms with van der Waals surface area (Å²) < 4.78 is 1.56. The summed E-state index contributed by atoms with van der Waals surface area (Å²) in [5.74, 6) is 0.625. The maximum absolute atomic E-state index is 12.1. The van der Waals surface area contributed by atoms with Crippen LogP contribution in [0.25, 0.3) is 11.3 Å². The Bertz CT molecular complexity index is 667. The molecule has 2 rings (SSSR count). The van der Waals surface area contributed by atoms with Crippen molar-refractivity contribution in [3.63, 3.8) is 0 Å². The fraction of sp³-hybridized carbons (Fsp3) is 0.526. The number of nitrogens with zero attached hydrogens (tertiary/aromatic N) is 3. The van der Waals surface area contributed by atoms with E-state index in [0.717, 1.165) is 18.5 Å². The molecule has 0 saturated carbocycles. The van der Waals surface area contributed by atoms with Crippen molar-refractivity contribution < 1.29 is 0 Å². The topological polar surface area (TPSA) is 59.8 Å². The molecule has 5 heteroatoms. The van der Waals surface area contributed by atoms with Gasteiger partial charge >= 0.3 is 0 Å². The van der Waals surface area contributed by atoms with Crippen molar-refractivity contribution in [2.45, 2.75) is 51.9 Å². The Hall–Kier alpha value is -2.17. The Kier molecular flexibility index (Phi) is 7.46. The van der Waals surface area contributed by atoms with Crippen LogP contribution >= 0.6 is 0 Å². The Balaban J connectivity index is 1.88.